The lowest BCUT2D eigenvalue weighted by Gasteiger charge is -2.29. The second-order valence-corrected chi connectivity index (χ2v) is 6.67. The van der Waals surface area contributed by atoms with Gasteiger partial charge in [-0.3, -0.25) is 0 Å². The molecule has 2 N–H and O–H groups in total. The molecule has 0 amide bonds. The van der Waals surface area contributed by atoms with Crippen LogP contribution in [0.5, 0.6) is 0 Å². The third kappa shape index (κ3) is 3.60. The lowest BCUT2D eigenvalue weighted by molar-refractivity contribution is 0.108. The number of β-amino-alcohol motifs (C(OH)–C–C–N with tert-alkyl or cyclic N) is 1. The first kappa shape index (κ1) is 15.9. The van der Waals surface area contributed by atoms with Crippen LogP contribution >= 0.6 is 0 Å². The van der Waals surface area contributed by atoms with E-state index in [-0.39, 0.29) is 19.7 Å². The largest absolute Gasteiger partial charge is 0.392 e. The number of hydrogen-bond acceptors (Lipinski definition) is 4. The molecule has 5 nitrogen and oxygen atoms in total. The number of sulfonamides is 1. The minimum absolute atomic E-state index is 0.0200. The first-order valence-electron chi connectivity index (χ1n) is 6.52. The monoisotopic (exact) mass is 313 g/mol. The molecule has 1 unspecified atom stereocenters. The zero-order chi connectivity index (χ0) is 15.5. The van der Waals surface area contributed by atoms with E-state index in [1.54, 1.807) is 0 Å². The summed E-state index contributed by atoms with van der Waals surface area (Å²) in [6.45, 7) is -0.105. The van der Waals surface area contributed by atoms with E-state index < -0.39 is 26.8 Å². The van der Waals surface area contributed by atoms with Crippen LogP contribution < -0.4 is 0 Å². The molecule has 7 heteroatoms. The van der Waals surface area contributed by atoms with E-state index in [4.69, 9.17) is 5.11 Å². The van der Waals surface area contributed by atoms with Gasteiger partial charge in [0.2, 0.25) is 10.0 Å². The summed E-state index contributed by atoms with van der Waals surface area (Å²) < 4.78 is 39.9. The van der Waals surface area contributed by atoms with Gasteiger partial charge in [0, 0.05) is 18.7 Å². The normalized spacial score (nSPS) is 19.9. The van der Waals surface area contributed by atoms with Crippen molar-refractivity contribution in [1.29, 1.82) is 0 Å². The molecule has 0 radical (unpaired) electrons. The summed E-state index contributed by atoms with van der Waals surface area (Å²) in [6.07, 6.45) is 0.373. The zero-order valence-corrected chi connectivity index (χ0v) is 12.1. The summed E-state index contributed by atoms with van der Waals surface area (Å²) in [5.41, 5.74) is 0.291. The van der Waals surface area contributed by atoms with Crippen LogP contribution in [0, 0.1) is 17.7 Å². The Balaban J connectivity index is 2.32. The Kier molecular flexibility index (Phi) is 4.96. The number of piperidine rings is 1. The van der Waals surface area contributed by atoms with E-state index in [0.717, 1.165) is 16.4 Å². The Labute approximate surface area is 123 Å². The van der Waals surface area contributed by atoms with Crippen molar-refractivity contribution < 1.29 is 23.0 Å². The van der Waals surface area contributed by atoms with Crippen LogP contribution in [-0.2, 0) is 10.0 Å². The van der Waals surface area contributed by atoms with Gasteiger partial charge in [0.15, 0.2) is 0 Å². The van der Waals surface area contributed by atoms with Gasteiger partial charge in [-0.1, -0.05) is 11.8 Å². The standard InChI is InChI=1S/C14H16FNO4S/c15-13-9-11(3-2-8-17)5-6-14(13)21(19,20)16-7-1-4-12(18)10-16/h5-6,9,12,17-18H,1,4,7-8,10H2. The lowest BCUT2D eigenvalue weighted by Crippen LogP contribution is -2.42. The van der Waals surface area contributed by atoms with Crippen molar-refractivity contribution in [3.63, 3.8) is 0 Å². The van der Waals surface area contributed by atoms with Crippen LogP contribution in [0.3, 0.4) is 0 Å². The molecule has 1 heterocycles. The predicted molar refractivity (Wildman–Crippen MR) is 74.4 cm³/mol. The molecule has 1 atom stereocenters. The van der Waals surface area contributed by atoms with Crippen molar-refractivity contribution in [3.05, 3.63) is 29.6 Å². The summed E-state index contributed by atoms with van der Waals surface area (Å²) >= 11 is 0. The number of benzene rings is 1. The molecule has 21 heavy (non-hydrogen) atoms. The fourth-order valence-electron chi connectivity index (χ4n) is 2.21. The average Bonchev–Trinajstić information content (AvgIpc) is 2.45. The quantitative estimate of drug-likeness (QED) is 0.771. The molecule has 0 aromatic heterocycles. The highest BCUT2D eigenvalue weighted by Gasteiger charge is 2.31. The van der Waals surface area contributed by atoms with Gasteiger partial charge in [-0.2, -0.15) is 4.31 Å². The van der Waals surface area contributed by atoms with Crippen LogP contribution in [-0.4, -0.2) is 48.7 Å². The molecule has 0 spiro atoms. The molecule has 1 aliphatic heterocycles. The molecule has 1 saturated heterocycles. The minimum atomic E-state index is -3.96. The molecule has 114 valence electrons. The summed E-state index contributed by atoms with van der Waals surface area (Å²) in [5, 5.41) is 18.1. The molecule has 1 aromatic rings. The maximum atomic E-state index is 14.0. The van der Waals surface area contributed by atoms with Crippen molar-refractivity contribution >= 4 is 10.0 Å². The summed E-state index contributed by atoms with van der Waals surface area (Å²) in [6, 6.07) is 3.57. The molecule has 0 bridgehead atoms. The van der Waals surface area contributed by atoms with Gasteiger partial charge in [0.1, 0.15) is 17.3 Å². The fourth-order valence-corrected chi connectivity index (χ4v) is 3.77. The number of nitrogens with zero attached hydrogens (tertiary/aromatic N) is 1. The first-order chi connectivity index (χ1) is 9.95. The van der Waals surface area contributed by atoms with Gasteiger partial charge in [-0.25, -0.2) is 12.8 Å². The lowest BCUT2D eigenvalue weighted by atomic mass is 10.1. The SMILES string of the molecule is O=S(=O)(c1ccc(C#CCO)cc1F)N1CCCC(O)C1. The number of aliphatic hydroxyl groups is 2. The highest BCUT2D eigenvalue weighted by atomic mass is 32.2. The Hall–Kier alpha value is -1.46. The molecule has 1 aromatic carbocycles. The summed E-state index contributed by atoms with van der Waals surface area (Å²) in [5.74, 6) is 3.99. The van der Waals surface area contributed by atoms with Gasteiger partial charge in [-0.15, -0.1) is 0 Å². The number of aliphatic hydroxyl groups excluding tert-OH is 2. The van der Waals surface area contributed by atoms with E-state index in [1.165, 1.54) is 6.07 Å². The third-order valence-corrected chi connectivity index (χ3v) is 5.12. The Morgan fingerprint density at radius 1 is 1.43 bits per heavy atom. The smallest absolute Gasteiger partial charge is 0.246 e. The highest BCUT2D eigenvalue weighted by Crippen LogP contribution is 2.23. The van der Waals surface area contributed by atoms with Gasteiger partial charge < -0.3 is 10.2 Å². The maximum absolute atomic E-state index is 14.0. The molecule has 0 saturated carbocycles. The number of halogens is 1. The predicted octanol–water partition coefficient (Wildman–Crippen LogP) is 0.315. The molecule has 2 rings (SSSR count). The Morgan fingerprint density at radius 3 is 2.81 bits per heavy atom. The van der Waals surface area contributed by atoms with Crippen molar-refractivity contribution in [2.75, 3.05) is 19.7 Å². The maximum Gasteiger partial charge on any atom is 0.246 e. The molecule has 1 fully saturated rings. The molecule has 0 aliphatic carbocycles. The average molecular weight is 313 g/mol. The van der Waals surface area contributed by atoms with E-state index in [1.807, 2.05) is 0 Å². The second kappa shape index (κ2) is 6.54. The number of hydrogen-bond donors (Lipinski definition) is 2. The highest BCUT2D eigenvalue weighted by molar-refractivity contribution is 7.89. The molecular formula is C14H16FNO4S. The zero-order valence-electron chi connectivity index (χ0n) is 11.3. The van der Waals surface area contributed by atoms with E-state index >= 15 is 0 Å². The van der Waals surface area contributed by atoms with Crippen LogP contribution in [0.4, 0.5) is 4.39 Å². The van der Waals surface area contributed by atoms with Crippen molar-refractivity contribution in [3.8, 4) is 11.8 Å². The third-order valence-electron chi connectivity index (χ3n) is 3.22. The van der Waals surface area contributed by atoms with Crippen LogP contribution in [0.25, 0.3) is 0 Å². The molecule has 1 aliphatic rings. The number of rotatable bonds is 2. The Bertz CT molecular complexity index is 678. The van der Waals surface area contributed by atoms with Crippen LogP contribution in [0.1, 0.15) is 18.4 Å². The van der Waals surface area contributed by atoms with E-state index in [2.05, 4.69) is 11.8 Å². The summed E-state index contributed by atoms with van der Waals surface area (Å²) in [7, 11) is -3.96. The van der Waals surface area contributed by atoms with Crippen molar-refractivity contribution in [2.45, 2.75) is 23.8 Å². The van der Waals surface area contributed by atoms with Gasteiger partial charge in [0.05, 0.1) is 6.10 Å². The first-order valence-corrected chi connectivity index (χ1v) is 7.96. The van der Waals surface area contributed by atoms with Crippen LogP contribution in [0.2, 0.25) is 0 Å². The molecular weight excluding hydrogens is 297 g/mol. The summed E-state index contributed by atoms with van der Waals surface area (Å²) in [4.78, 5) is -0.425. The topological polar surface area (TPSA) is 77.8 Å². The van der Waals surface area contributed by atoms with Gasteiger partial charge in [-0.05, 0) is 31.0 Å². The minimum Gasteiger partial charge on any atom is -0.392 e. The Morgan fingerprint density at radius 2 is 2.19 bits per heavy atom. The van der Waals surface area contributed by atoms with E-state index in [0.29, 0.717) is 18.4 Å². The van der Waals surface area contributed by atoms with Gasteiger partial charge >= 0.3 is 0 Å². The van der Waals surface area contributed by atoms with Crippen molar-refractivity contribution in [1.82, 2.24) is 4.31 Å². The second-order valence-electron chi connectivity index (χ2n) is 4.76. The fraction of sp³-hybridized carbons (Fsp3) is 0.429. The van der Waals surface area contributed by atoms with Crippen molar-refractivity contribution in [2.24, 2.45) is 0 Å². The van der Waals surface area contributed by atoms with Gasteiger partial charge in [0.25, 0.3) is 0 Å². The van der Waals surface area contributed by atoms with E-state index in [9.17, 15) is 17.9 Å². The van der Waals surface area contributed by atoms with Crippen LogP contribution in [0.15, 0.2) is 23.1 Å².